The van der Waals surface area contributed by atoms with Gasteiger partial charge in [0, 0.05) is 31.8 Å². The van der Waals surface area contributed by atoms with Crippen LogP contribution in [0.1, 0.15) is 24.6 Å². The van der Waals surface area contributed by atoms with Crippen molar-refractivity contribution >= 4 is 32.0 Å². The zero-order valence-corrected chi connectivity index (χ0v) is 20.5. The number of aromatic amines is 1. The second-order valence-electron chi connectivity index (χ2n) is 8.74. The summed E-state index contributed by atoms with van der Waals surface area (Å²) < 4.78 is 50.8. The maximum absolute atomic E-state index is 13.3. The molecule has 35 heavy (non-hydrogen) atoms. The lowest BCUT2D eigenvalue weighted by Crippen LogP contribution is -2.29. The monoisotopic (exact) mass is 517 g/mol. The van der Waals surface area contributed by atoms with E-state index in [0.717, 1.165) is 23.5 Å². The predicted molar refractivity (Wildman–Crippen MR) is 126 cm³/mol. The van der Waals surface area contributed by atoms with Gasteiger partial charge in [-0.2, -0.15) is 0 Å². The minimum Gasteiger partial charge on any atom is -0.381 e. The first-order chi connectivity index (χ1) is 16.9. The molecule has 184 valence electrons. The molecule has 2 aliphatic heterocycles. The molecule has 0 amide bonds. The van der Waals surface area contributed by atoms with Gasteiger partial charge in [-0.15, -0.1) is 0 Å². The van der Waals surface area contributed by atoms with Crippen molar-refractivity contribution in [2.75, 3.05) is 32.6 Å². The Hall–Kier alpha value is -2.94. The van der Waals surface area contributed by atoms with E-state index in [1.165, 1.54) is 16.8 Å². The smallest absolute Gasteiger partial charge is 0.214 e. The van der Waals surface area contributed by atoms with Gasteiger partial charge in [-0.3, -0.25) is 4.21 Å². The highest BCUT2D eigenvalue weighted by Crippen LogP contribution is 2.31. The molecule has 0 spiro atoms. The number of imidazole rings is 2. The molecule has 0 aromatic carbocycles. The average Bonchev–Trinajstić information content (AvgIpc) is 3.67. The van der Waals surface area contributed by atoms with Crippen LogP contribution in [0.4, 0.5) is 0 Å². The first-order valence-corrected chi connectivity index (χ1v) is 14.2. The van der Waals surface area contributed by atoms with E-state index < -0.39 is 20.8 Å². The Kier molecular flexibility index (Phi) is 5.55. The van der Waals surface area contributed by atoms with E-state index in [-0.39, 0.29) is 17.7 Å². The molecule has 2 fully saturated rings. The number of H-pyrrole nitrogens is 1. The predicted octanol–water partition coefficient (Wildman–Crippen LogP) is 1.44. The Morgan fingerprint density at radius 2 is 2.09 bits per heavy atom. The summed E-state index contributed by atoms with van der Waals surface area (Å²) in [4.78, 5) is 17.8. The van der Waals surface area contributed by atoms with Gasteiger partial charge in [0.15, 0.2) is 5.65 Å². The van der Waals surface area contributed by atoms with Crippen molar-refractivity contribution in [1.29, 1.82) is 0 Å². The lowest BCUT2D eigenvalue weighted by atomic mass is 10.1. The van der Waals surface area contributed by atoms with Crippen LogP contribution in [-0.2, 0) is 25.6 Å². The Bertz CT molecular complexity index is 1510. The standard InChI is InChI=1S/C21H23N7O5S2/c1-35(30,31)27-4-2-15(10-27)34(29)16-6-17-20(22-8-16)28(19(25-17)13-3-5-32-11-13)21-23-9-18(26-21)14-7-24-33-12-14/h6-9,12-13,15H,2-5,10-11H2,1H3,(H,23,26). The summed E-state index contributed by atoms with van der Waals surface area (Å²) in [5, 5.41) is 3.45. The molecule has 0 saturated carbocycles. The van der Waals surface area contributed by atoms with Crippen LogP contribution >= 0.6 is 0 Å². The van der Waals surface area contributed by atoms with E-state index >= 15 is 0 Å². The quantitative estimate of drug-likeness (QED) is 0.401. The van der Waals surface area contributed by atoms with Gasteiger partial charge >= 0.3 is 0 Å². The molecule has 4 aromatic rings. The van der Waals surface area contributed by atoms with Crippen molar-refractivity contribution in [3.8, 4) is 17.2 Å². The third-order valence-electron chi connectivity index (χ3n) is 6.42. The molecule has 1 N–H and O–H groups in total. The molecule has 2 saturated heterocycles. The molecule has 2 aliphatic rings. The van der Waals surface area contributed by atoms with E-state index in [4.69, 9.17) is 14.2 Å². The van der Waals surface area contributed by atoms with Crippen LogP contribution in [0.25, 0.3) is 28.4 Å². The van der Waals surface area contributed by atoms with E-state index in [1.807, 2.05) is 4.57 Å². The fourth-order valence-corrected chi connectivity index (χ4v) is 6.96. The summed E-state index contributed by atoms with van der Waals surface area (Å²) in [7, 11) is -4.72. The molecule has 0 aliphatic carbocycles. The van der Waals surface area contributed by atoms with E-state index in [9.17, 15) is 12.6 Å². The van der Waals surface area contributed by atoms with Gasteiger partial charge in [-0.25, -0.2) is 32.2 Å². The Balaban J connectivity index is 1.38. The average molecular weight is 518 g/mol. The lowest BCUT2D eigenvalue weighted by Gasteiger charge is -2.13. The van der Waals surface area contributed by atoms with Crippen molar-refractivity contribution in [3.63, 3.8) is 0 Å². The SMILES string of the molecule is CS(=O)(=O)N1CCC(S(=O)c2cnc3c(c2)nc(C2CCOC2)n3-c2ncc(-c3cnoc3)[nH]2)C1. The maximum Gasteiger partial charge on any atom is 0.214 e. The minimum atomic E-state index is -3.31. The number of nitrogens with zero attached hydrogens (tertiary/aromatic N) is 6. The van der Waals surface area contributed by atoms with Crippen LogP contribution in [0, 0.1) is 0 Å². The second kappa shape index (κ2) is 8.62. The van der Waals surface area contributed by atoms with Crippen LogP contribution in [0.15, 0.2) is 40.3 Å². The van der Waals surface area contributed by atoms with Crippen molar-refractivity contribution in [3.05, 3.63) is 36.7 Å². The van der Waals surface area contributed by atoms with E-state index in [0.29, 0.717) is 48.2 Å². The van der Waals surface area contributed by atoms with Crippen molar-refractivity contribution in [2.45, 2.75) is 28.9 Å². The molecule has 6 rings (SSSR count). The second-order valence-corrected chi connectivity index (χ2v) is 12.5. The van der Waals surface area contributed by atoms with Gasteiger partial charge < -0.3 is 14.2 Å². The number of ether oxygens (including phenoxy) is 1. The van der Waals surface area contributed by atoms with Gasteiger partial charge in [0.25, 0.3) is 0 Å². The first-order valence-electron chi connectivity index (χ1n) is 11.2. The third kappa shape index (κ3) is 4.09. The fourth-order valence-electron chi connectivity index (χ4n) is 4.57. The van der Waals surface area contributed by atoms with Crippen LogP contribution in [0.5, 0.6) is 0 Å². The molecule has 0 bridgehead atoms. The van der Waals surface area contributed by atoms with Crippen LogP contribution in [0.2, 0.25) is 0 Å². The Morgan fingerprint density at radius 3 is 2.80 bits per heavy atom. The zero-order chi connectivity index (χ0) is 24.2. The number of hydrogen-bond acceptors (Lipinski definition) is 9. The van der Waals surface area contributed by atoms with Crippen LogP contribution in [0.3, 0.4) is 0 Å². The van der Waals surface area contributed by atoms with Crippen molar-refractivity contribution in [2.24, 2.45) is 0 Å². The molecule has 3 atom stereocenters. The summed E-state index contributed by atoms with van der Waals surface area (Å²) >= 11 is 0. The number of fused-ring (bicyclic) bond motifs is 1. The number of sulfonamides is 1. The van der Waals surface area contributed by atoms with Gasteiger partial charge in [0.05, 0.1) is 57.5 Å². The van der Waals surface area contributed by atoms with Gasteiger partial charge in [0.2, 0.25) is 16.0 Å². The van der Waals surface area contributed by atoms with Crippen LogP contribution in [-0.4, -0.2) is 84.4 Å². The number of pyridine rings is 1. The third-order valence-corrected chi connectivity index (χ3v) is 9.37. The fraction of sp³-hybridized carbons (Fsp3) is 0.429. The summed E-state index contributed by atoms with van der Waals surface area (Å²) in [6, 6.07) is 1.78. The first kappa shape index (κ1) is 22.5. The number of hydrogen-bond donors (Lipinski definition) is 1. The highest BCUT2D eigenvalue weighted by atomic mass is 32.2. The molecule has 0 radical (unpaired) electrons. The zero-order valence-electron chi connectivity index (χ0n) is 18.8. The molecule has 14 heteroatoms. The number of aromatic nitrogens is 6. The summed E-state index contributed by atoms with van der Waals surface area (Å²) in [5.41, 5.74) is 2.69. The highest BCUT2D eigenvalue weighted by molar-refractivity contribution is 7.88. The molecular weight excluding hydrogens is 494 g/mol. The topological polar surface area (TPSA) is 149 Å². The minimum absolute atomic E-state index is 0.0699. The van der Waals surface area contributed by atoms with Crippen LogP contribution < -0.4 is 0 Å². The lowest BCUT2D eigenvalue weighted by molar-refractivity contribution is 0.193. The number of rotatable bonds is 6. The molecule has 4 aromatic heterocycles. The van der Waals surface area contributed by atoms with Gasteiger partial charge in [0.1, 0.15) is 17.6 Å². The summed E-state index contributed by atoms with van der Waals surface area (Å²) in [5.74, 6) is 1.38. The Labute approximate surface area is 203 Å². The largest absolute Gasteiger partial charge is 0.381 e. The van der Waals surface area contributed by atoms with E-state index in [2.05, 4.69) is 20.1 Å². The highest BCUT2D eigenvalue weighted by Gasteiger charge is 2.33. The Morgan fingerprint density at radius 1 is 1.20 bits per heavy atom. The molecule has 12 nitrogen and oxygen atoms in total. The van der Waals surface area contributed by atoms with Crippen molar-refractivity contribution in [1.82, 2.24) is 34.0 Å². The van der Waals surface area contributed by atoms with Gasteiger partial charge in [-0.05, 0) is 18.9 Å². The molecule has 6 heterocycles. The normalized spacial score (nSPS) is 22.3. The molecule has 3 unspecified atom stereocenters. The van der Waals surface area contributed by atoms with Gasteiger partial charge in [-0.1, -0.05) is 5.16 Å². The van der Waals surface area contributed by atoms with E-state index in [1.54, 1.807) is 24.7 Å². The summed E-state index contributed by atoms with van der Waals surface area (Å²) in [6.45, 7) is 1.81. The maximum atomic E-state index is 13.3. The molecular formula is C21H23N7O5S2. The summed E-state index contributed by atoms with van der Waals surface area (Å²) in [6.07, 6.45) is 8.94. The number of nitrogens with one attached hydrogen (secondary N) is 1. The van der Waals surface area contributed by atoms with Crippen molar-refractivity contribution < 1.29 is 21.9 Å².